The first-order chi connectivity index (χ1) is 12.2. The highest BCUT2D eigenvalue weighted by molar-refractivity contribution is 7.99. The van der Waals surface area contributed by atoms with Crippen LogP contribution < -0.4 is 15.0 Å². The molecule has 1 amide bonds. The molecule has 1 saturated heterocycles. The second-order valence-electron chi connectivity index (χ2n) is 5.83. The number of hydrogen-bond donors (Lipinski definition) is 1. The molecule has 132 valence electrons. The minimum absolute atomic E-state index is 0.0193. The summed E-state index contributed by atoms with van der Waals surface area (Å²) >= 11 is 1.43. The van der Waals surface area contributed by atoms with Gasteiger partial charge in [-0.2, -0.15) is 0 Å². The largest absolute Gasteiger partial charge is 0.497 e. The van der Waals surface area contributed by atoms with Gasteiger partial charge in [0.05, 0.1) is 12.9 Å². The first kappa shape index (κ1) is 17.5. The van der Waals surface area contributed by atoms with Gasteiger partial charge < -0.3 is 15.0 Å². The third kappa shape index (κ3) is 5.09. The molecule has 1 fully saturated rings. The Kier molecular flexibility index (Phi) is 6.11. The maximum atomic E-state index is 12.1. The highest BCUT2D eigenvalue weighted by Gasteiger charge is 2.14. The third-order valence-corrected chi connectivity index (χ3v) is 4.96. The molecule has 2 heterocycles. The van der Waals surface area contributed by atoms with Crippen LogP contribution in [-0.4, -0.2) is 41.8 Å². The second kappa shape index (κ2) is 8.71. The van der Waals surface area contributed by atoms with Gasteiger partial charge >= 0.3 is 0 Å². The number of benzene rings is 1. The van der Waals surface area contributed by atoms with Crippen molar-refractivity contribution in [2.45, 2.75) is 24.4 Å². The molecule has 1 aliphatic rings. The Morgan fingerprint density at radius 3 is 2.92 bits per heavy atom. The third-order valence-electron chi connectivity index (χ3n) is 4.03. The standard InChI is InChI=1S/C18H22N4O2S/c1-24-15-6-4-5-14(9-15)11-19-17(23)12-25-18-10-16(20-13-21-18)22-7-2-3-8-22/h4-6,9-10,13H,2-3,7-8,11-12H2,1H3,(H,19,23). The monoisotopic (exact) mass is 358 g/mol. The fourth-order valence-corrected chi connectivity index (χ4v) is 3.39. The van der Waals surface area contributed by atoms with Crippen LogP contribution in [0.2, 0.25) is 0 Å². The van der Waals surface area contributed by atoms with E-state index in [1.165, 1.54) is 24.6 Å². The minimum atomic E-state index is -0.0193. The van der Waals surface area contributed by atoms with E-state index in [-0.39, 0.29) is 5.91 Å². The summed E-state index contributed by atoms with van der Waals surface area (Å²) < 4.78 is 5.19. The van der Waals surface area contributed by atoms with Crippen LogP contribution in [0.15, 0.2) is 41.7 Å². The predicted octanol–water partition coefficient (Wildman–Crippen LogP) is 2.49. The van der Waals surface area contributed by atoms with Gasteiger partial charge in [0.2, 0.25) is 5.91 Å². The van der Waals surface area contributed by atoms with E-state index in [0.717, 1.165) is 35.2 Å². The molecule has 3 rings (SSSR count). The van der Waals surface area contributed by atoms with Gasteiger partial charge in [-0.25, -0.2) is 9.97 Å². The van der Waals surface area contributed by atoms with Crippen molar-refractivity contribution in [1.82, 2.24) is 15.3 Å². The second-order valence-corrected chi connectivity index (χ2v) is 6.82. The molecule has 1 aromatic carbocycles. The van der Waals surface area contributed by atoms with Crippen LogP contribution in [0.25, 0.3) is 0 Å². The number of carbonyl (C=O) groups is 1. The molecule has 1 aromatic heterocycles. The first-order valence-corrected chi connectivity index (χ1v) is 9.32. The lowest BCUT2D eigenvalue weighted by atomic mass is 10.2. The average molecular weight is 358 g/mol. The summed E-state index contributed by atoms with van der Waals surface area (Å²) in [5, 5.41) is 3.75. The molecule has 0 bridgehead atoms. The van der Waals surface area contributed by atoms with Gasteiger partial charge in [-0.1, -0.05) is 23.9 Å². The van der Waals surface area contributed by atoms with E-state index in [9.17, 15) is 4.79 Å². The normalized spacial score (nSPS) is 13.7. The molecule has 6 nitrogen and oxygen atoms in total. The van der Waals surface area contributed by atoms with Crippen molar-refractivity contribution in [2.24, 2.45) is 0 Å². The molecule has 1 aliphatic heterocycles. The number of methoxy groups -OCH3 is 1. The van der Waals surface area contributed by atoms with Crippen molar-refractivity contribution in [3.05, 3.63) is 42.2 Å². The van der Waals surface area contributed by atoms with Crippen molar-refractivity contribution < 1.29 is 9.53 Å². The van der Waals surface area contributed by atoms with Crippen molar-refractivity contribution in [1.29, 1.82) is 0 Å². The number of amides is 1. The van der Waals surface area contributed by atoms with Crippen LogP contribution in [0, 0.1) is 0 Å². The summed E-state index contributed by atoms with van der Waals surface area (Å²) in [4.78, 5) is 22.9. The Hall–Kier alpha value is -2.28. The number of hydrogen-bond acceptors (Lipinski definition) is 6. The highest BCUT2D eigenvalue weighted by Crippen LogP contribution is 2.22. The lowest BCUT2D eigenvalue weighted by Gasteiger charge is -2.16. The van der Waals surface area contributed by atoms with E-state index in [1.54, 1.807) is 13.4 Å². The Morgan fingerprint density at radius 2 is 2.12 bits per heavy atom. The van der Waals surface area contributed by atoms with Crippen LogP contribution in [-0.2, 0) is 11.3 Å². The van der Waals surface area contributed by atoms with Gasteiger partial charge in [-0.05, 0) is 30.5 Å². The van der Waals surface area contributed by atoms with Crippen LogP contribution in [0.4, 0.5) is 5.82 Å². The highest BCUT2D eigenvalue weighted by atomic mass is 32.2. The summed E-state index contributed by atoms with van der Waals surface area (Å²) in [7, 11) is 1.63. The maximum Gasteiger partial charge on any atom is 0.230 e. The molecule has 2 aromatic rings. The Bertz CT molecular complexity index is 720. The summed E-state index contributed by atoms with van der Waals surface area (Å²) in [6.07, 6.45) is 3.99. The number of aromatic nitrogens is 2. The van der Waals surface area contributed by atoms with Crippen molar-refractivity contribution in [2.75, 3.05) is 30.9 Å². The Labute approximate surface area is 152 Å². The first-order valence-electron chi connectivity index (χ1n) is 8.34. The Balaban J connectivity index is 1.48. The summed E-state index contributed by atoms with van der Waals surface area (Å²) in [6, 6.07) is 9.64. The van der Waals surface area contributed by atoms with E-state index in [0.29, 0.717) is 12.3 Å². The average Bonchev–Trinajstić information content (AvgIpc) is 3.20. The molecular weight excluding hydrogens is 336 g/mol. The molecule has 0 spiro atoms. The van der Waals surface area contributed by atoms with Gasteiger partial charge in [0.15, 0.2) is 0 Å². The van der Waals surface area contributed by atoms with Gasteiger partial charge in [0, 0.05) is 25.7 Å². The van der Waals surface area contributed by atoms with E-state index >= 15 is 0 Å². The summed E-state index contributed by atoms with van der Waals surface area (Å²) in [5.41, 5.74) is 1.01. The van der Waals surface area contributed by atoms with E-state index in [2.05, 4.69) is 20.2 Å². The fraction of sp³-hybridized carbons (Fsp3) is 0.389. The van der Waals surface area contributed by atoms with Gasteiger partial charge in [0.25, 0.3) is 0 Å². The molecule has 0 atom stereocenters. The van der Waals surface area contributed by atoms with E-state index < -0.39 is 0 Å². The SMILES string of the molecule is COc1cccc(CNC(=O)CSc2cc(N3CCCC3)ncn2)c1. The molecule has 0 unspecified atom stereocenters. The molecule has 25 heavy (non-hydrogen) atoms. The minimum Gasteiger partial charge on any atom is -0.497 e. The Morgan fingerprint density at radius 1 is 1.28 bits per heavy atom. The molecule has 1 N–H and O–H groups in total. The fourth-order valence-electron chi connectivity index (χ4n) is 2.70. The zero-order valence-corrected chi connectivity index (χ0v) is 15.1. The van der Waals surface area contributed by atoms with E-state index in [1.807, 2.05) is 30.3 Å². The van der Waals surface area contributed by atoms with Gasteiger partial charge in [-0.3, -0.25) is 4.79 Å². The van der Waals surface area contributed by atoms with Crippen LogP contribution in [0.1, 0.15) is 18.4 Å². The van der Waals surface area contributed by atoms with Crippen molar-refractivity contribution >= 4 is 23.5 Å². The number of rotatable bonds is 7. The predicted molar refractivity (Wildman–Crippen MR) is 99.0 cm³/mol. The number of anilines is 1. The van der Waals surface area contributed by atoms with Crippen molar-refractivity contribution in [3.8, 4) is 5.75 Å². The summed E-state index contributed by atoms with van der Waals surface area (Å²) in [5.74, 6) is 2.05. The topological polar surface area (TPSA) is 67.3 Å². The lowest BCUT2D eigenvalue weighted by Crippen LogP contribution is -2.24. The lowest BCUT2D eigenvalue weighted by molar-refractivity contribution is -0.118. The smallest absolute Gasteiger partial charge is 0.230 e. The number of nitrogens with one attached hydrogen (secondary N) is 1. The zero-order chi connectivity index (χ0) is 17.5. The maximum absolute atomic E-state index is 12.1. The molecule has 0 saturated carbocycles. The molecular formula is C18H22N4O2S. The van der Waals surface area contributed by atoms with Gasteiger partial charge in [-0.15, -0.1) is 0 Å². The number of thioether (sulfide) groups is 1. The number of carbonyl (C=O) groups excluding carboxylic acids is 1. The number of nitrogens with zero attached hydrogens (tertiary/aromatic N) is 3. The van der Waals surface area contributed by atoms with Crippen molar-refractivity contribution in [3.63, 3.8) is 0 Å². The van der Waals surface area contributed by atoms with E-state index in [4.69, 9.17) is 4.74 Å². The van der Waals surface area contributed by atoms with Gasteiger partial charge in [0.1, 0.15) is 22.9 Å². The van der Waals surface area contributed by atoms with Crippen LogP contribution in [0.3, 0.4) is 0 Å². The number of ether oxygens (including phenoxy) is 1. The van der Waals surface area contributed by atoms with Crippen LogP contribution in [0.5, 0.6) is 5.75 Å². The molecule has 0 radical (unpaired) electrons. The molecule has 0 aliphatic carbocycles. The quantitative estimate of drug-likeness (QED) is 0.606. The molecule has 7 heteroatoms. The summed E-state index contributed by atoms with van der Waals surface area (Å²) in [6.45, 7) is 2.57. The zero-order valence-electron chi connectivity index (χ0n) is 14.3. The van der Waals surface area contributed by atoms with Crippen LogP contribution >= 0.6 is 11.8 Å².